The summed E-state index contributed by atoms with van der Waals surface area (Å²) in [5.41, 5.74) is 1.71. The molecule has 6 nitrogen and oxygen atoms in total. The molecule has 2 heterocycles. The first-order chi connectivity index (χ1) is 12.0. The normalized spacial score (nSPS) is 11.0. The molecule has 1 amide bonds. The maximum absolute atomic E-state index is 12.6. The number of nitrogens with one attached hydrogen (secondary N) is 2. The molecule has 0 unspecified atom stereocenters. The number of H-pyrrole nitrogens is 1. The van der Waals surface area contributed by atoms with Crippen LogP contribution in [0, 0.1) is 0 Å². The molecule has 25 heavy (non-hydrogen) atoms. The summed E-state index contributed by atoms with van der Waals surface area (Å²) >= 11 is 0. The van der Waals surface area contributed by atoms with Gasteiger partial charge in [-0.2, -0.15) is 0 Å². The van der Waals surface area contributed by atoms with E-state index in [9.17, 15) is 9.59 Å². The van der Waals surface area contributed by atoms with Crippen LogP contribution in [0.3, 0.4) is 0 Å². The SMILES string of the molecule is CN(C)CCc1ccccc1NC(=O)c1cc2ccncc2c(=O)[nH]1. The molecule has 0 saturated heterocycles. The van der Waals surface area contributed by atoms with Crippen molar-refractivity contribution >= 4 is 22.4 Å². The lowest BCUT2D eigenvalue weighted by atomic mass is 10.1. The van der Waals surface area contributed by atoms with Crippen molar-refractivity contribution in [3.63, 3.8) is 0 Å². The highest BCUT2D eigenvalue weighted by Gasteiger charge is 2.12. The molecule has 0 fully saturated rings. The van der Waals surface area contributed by atoms with Crippen LogP contribution in [-0.2, 0) is 6.42 Å². The minimum Gasteiger partial charge on any atom is -0.320 e. The number of para-hydroxylation sites is 1. The number of likely N-dealkylation sites (N-methyl/N-ethyl adjacent to an activating group) is 1. The number of hydrogen-bond acceptors (Lipinski definition) is 4. The smallest absolute Gasteiger partial charge is 0.272 e. The van der Waals surface area contributed by atoms with E-state index in [2.05, 4.69) is 20.2 Å². The van der Waals surface area contributed by atoms with E-state index in [1.165, 1.54) is 6.20 Å². The molecule has 0 spiro atoms. The number of amides is 1. The van der Waals surface area contributed by atoms with Gasteiger partial charge in [-0.15, -0.1) is 0 Å². The topological polar surface area (TPSA) is 78.1 Å². The van der Waals surface area contributed by atoms with Gasteiger partial charge in [-0.05, 0) is 49.7 Å². The standard InChI is InChI=1S/C19H20N4O2/c1-23(2)10-8-13-5-3-4-6-16(13)21-19(25)17-11-14-7-9-20-12-15(14)18(24)22-17/h3-7,9,11-12H,8,10H2,1-2H3,(H,21,25)(H,22,24). The van der Waals surface area contributed by atoms with Gasteiger partial charge in [-0.3, -0.25) is 14.6 Å². The van der Waals surface area contributed by atoms with Crippen molar-refractivity contribution in [2.45, 2.75) is 6.42 Å². The van der Waals surface area contributed by atoms with E-state index < -0.39 is 0 Å². The molecule has 0 saturated carbocycles. The summed E-state index contributed by atoms with van der Waals surface area (Å²) < 4.78 is 0. The van der Waals surface area contributed by atoms with Crippen molar-refractivity contribution < 1.29 is 4.79 Å². The van der Waals surface area contributed by atoms with Crippen LogP contribution < -0.4 is 10.9 Å². The summed E-state index contributed by atoms with van der Waals surface area (Å²) in [6.07, 6.45) is 3.91. The average molecular weight is 336 g/mol. The number of aromatic amines is 1. The maximum Gasteiger partial charge on any atom is 0.272 e. The second kappa shape index (κ2) is 7.27. The van der Waals surface area contributed by atoms with Crippen molar-refractivity contribution in [1.29, 1.82) is 0 Å². The lowest BCUT2D eigenvalue weighted by molar-refractivity contribution is 0.102. The van der Waals surface area contributed by atoms with Gasteiger partial charge >= 0.3 is 0 Å². The summed E-state index contributed by atoms with van der Waals surface area (Å²) in [4.78, 5) is 33.4. The van der Waals surface area contributed by atoms with Crippen LogP contribution in [0.25, 0.3) is 10.8 Å². The molecule has 2 N–H and O–H groups in total. The largest absolute Gasteiger partial charge is 0.320 e. The van der Waals surface area contributed by atoms with E-state index in [-0.39, 0.29) is 17.2 Å². The van der Waals surface area contributed by atoms with E-state index in [0.29, 0.717) is 10.8 Å². The third kappa shape index (κ3) is 3.92. The quantitative estimate of drug-likeness (QED) is 0.749. The van der Waals surface area contributed by atoms with Gasteiger partial charge in [-0.25, -0.2) is 0 Å². The number of hydrogen-bond donors (Lipinski definition) is 2. The first kappa shape index (κ1) is 16.9. The Hall–Kier alpha value is -2.99. The Labute approximate surface area is 145 Å². The summed E-state index contributed by atoms with van der Waals surface area (Å²) in [5.74, 6) is -0.340. The number of rotatable bonds is 5. The molecule has 0 atom stereocenters. The van der Waals surface area contributed by atoms with Crippen molar-refractivity contribution in [3.05, 3.63) is 70.4 Å². The molecule has 0 aliphatic rings. The third-order valence-electron chi connectivity index (χ3n) is 3.99. The third-order valence-corrected chi connectivity index (χ3v) is 3.99. The van der Waals surface area contributed by atoms with Crippen LogP contribution in [0.1, 0.15) is 16.1 Å². The molecule has 0 aliphatic heterocycles. The minimum absolute atomic E-state index is 0.228. The first-order valence-electron chi connectivity index (χ1n) is 8.05. The fourth-order valence-electron chi connectivity index (χ4n) is 2.62. The first-order valence-corrected chi connectivity index (χ1v) is 8.05. The van der Waals surface area contributed by atoms with Crippen LogP contribution >= 0.6 is 0 Å². The van der Waals surface area contributed by atoms with Gasteiger partial charge in [0.05, 0.1) is 5.39 Å². The molecule has 128 valence electrons. The zero-order chi connectivity index (χ0) is 17.8. The van der Waals surface area contributed by atoms with Gasteiger partial charge in [0.25, 0.3) is 11.5 Å². The Morgan fingerprint density at radius 1 is 1.24 bits per heavy atom. The van der Waals surface area contributed by atoms with Crippen LogP contribution in [0.4, 0.5) is 5.69 Å². The number of aromatic nitrogens is 2. The van der Waals surface area contributed by atoms with E-state index in [1.54, 1.807) is 18.3 Å². The molecule has 0 radical (unpaired) electrons. The number of benzene rings is 1. The predicted octanol–water partition coefficient (Wildman–Crippen LogP) is 2.28. The molecule has 6 heteroatoms. The van der Waals surface area contributed by atoms with Gasteiger partial charge in [0.2, 0.25) is 0 Å². The maximum atomic E-state index is 12.6. The fraction of sp³-hybridized carbons (Fsp3) is 0.211. The molecular weight excluding hydrogens is 316 g/mol. The predicted molar refractivity (Wildman–Crippen MR) is 99.0 cm³/mol. The Morgan fingerprint density at radius 2 is 2.04 bits per heavy atom. The second-order valence-electron chi connectivity index (χ2n) is 6.14. The Bertz CT molecular complexity index is 963. The van der Waals surface area contributed by atoms with Crippen LogP contribution in [0.15, 0.2) is 53.6 Å². The fourth-order valence-corrected chi connectivity index (χ4v) is 2.62. The van der Waals surface area contributed by atoms with Crippen LogP contribution in [0.5, 0.6) is 0 Å². The van der Waals surface area contributed by atoms with Crippen molar-refractivity contribution in [1.82, 2.24) is 14.9 Å². The van der Waals surface area contributed by atoms with Gasteiger partial charge in [0.15, 0.2) is 0 Å². The van der Waals surface area contributed by atoms with Gasteiger partial charge < -0.3 is 15.2 Å². The van der Waals surface area contributed by atoms with Gasteiger partial charge in [0, 0.05) is 24.6 Å². The molecule has 2 aromatic heterocycles. The summed E-state index contributed by atoms with van der Waals surface area (Å²) in [6, 6.07) is 11.1. The molecule has 3 rings (SSSR count). The zero-order valence-corrected chi connectivity index (χ0v) is 14.2. The number of fused-ring (bicyclic) bond motifs is 1. The number of anilines is 1. The lowest BCUT2D eigenvalue weighted by Gasteiger charge is -2.14. The zero-order valence-electron chi connectivity index (χ0n) is 14.2. The van der Waals surface area contributed by atoms with E-state index >= 15 is 0 Å². The van der Waals surface area contributed by atoms with E-state index in [4.69, 9.17) is 0 Å². The number of pyridine rings is 2. The number of nitrogens with zero attached hydrogens (tertiary/aromatic N) is 2. The monoisotopic (exact) mass is 336 g/mol. The summed E-state index contributed by atoms with van der Waals surface area (Å²) in [5, 5.41) is 4.05. The highest BCUT2D eigenvalue weighted by Crippen LogP contribution is 2.17. The minimum atomic E-state index is -0.340. The van der Waals surface area contributed by atoms with Gasteiger partial charge in [-0.1, -0.05) is 18.2 Å². The Balaban J connectivity index is 1.87. The highest BCUT2D eigenvalue weighted by atomic mass is 16.2. The molecule has 1 aromatic carbocycles. The van der Waals surface area contributed by atoms with E-state index in [1.807, 2.05) is 38.4 Å². The van der Waals surface area contributed by atoms with Gasteiger partial charge in [0.1, 0.15) is 5.69 Å². The second-order valence-corrected chi connectivity index (χ2v) is 6.14. The Morgan fingerprint density at radius 3 is 2.84 bits per heavy atom. The van der Waals surface area contributed by atoms with Crippen LogP contribution in [0.2, 0.25) is 0 Å². The molecule has 0 bridgehead atoms. The summed E-state index contributed by atoms with van der Waals surface area (Å²) in [6.45, 7) is 0.882. The van der Waals surface area contributed by atoms with Crippen molar-refractivity contribution in [2.24, 2.45) is 0 Å². The highest BCUT2D eigenvalue weighted by molar-refractivity contribution is 6.05. The average Bonchev–Trinajstić information content (AvgIpc) is 2.61. The number of carbonyl (C=O) groups is 1. The molecular formula is C19H20N4O2. The molecule has 0 aliphatic carbocycles. The summed E-state index contributed by atoms with van der Waals surface area (Å²) in [7, 11) is 4.02. The van der Waals surface area contributed by atoms with Crippen molar-refractivity contribution in [3.8, 4) is 0 Å². The number of carbonyl (C=O) groups excluding carboxylic acids is 1. The van der Waals surface area contributed by atoms with Crippen molar-refractivity contribution in [2.75, 3.05) is 26.0 Å². The molecule has 3 aromatic rings. The Kier molecular flexibility index (Phi) is 4.90. The van der Waals surface area contributed by atoms with E-state index in [0.717, 1.165) is 24.2 Å². The lowest BCUT2D eigenvalue weighted by Crippen LogP contribution is -2.20. The van der Waals surface area contributed by atoms with Crippen LogP contribution in [-0.4, -0.2) is 41.4 Å².